The molecule has 0 bridgehead atoms. The van der Waals surface area contributed by atoms with Gasteiger partial charge >= 0.3 is 0 Å². The molecule has 1 atom stereocenters. The van der Waals surface area contributed by atoms with Crippen molar-refractivity contribution >= 4 is 0 Å². The average molecular weight is 150 g/mol. The van der Waals surface area contributed by atoms with Crippen molar-refractivity contribution in [2.24, 2.45) is 11.8 Å². The van der Waals surface area contributed by atoms with Gasteiger partial charge in [-0.15, -0.1) is 0 Å². The first-order valence-electron chi connectivity index (χ1n) is 4.64. The molecule has 1 aliphatic carbocycles. The molecule has 0 N–H and O–H groups in total. The summed E-state index contributed by atoms with van der Waals surface area (Å²) in [4.78, 5) is 0. The van der Waals surface area contributed by atoms with Crippen molar-refractivity contribution in [3.8, 4) is 0 Å². The molecule has 0 aromatic rings. The van der Waals surface area contributed by atoms with Gasteiger partial charge < -0.3 is 0 Å². The van der Waals surface area contributed by atoms with Gasteiger partial charge in [-0.05, 0) is 31.1 Å². The van der Waals surface area contributed by atoms with E-state index in [-0.39, 0.29) is 0 Å². The minimum atomic E-state index is 0.676. The fourth-order valence-electron chi connectivity index (χ4n) is 1.37. The van der Waals surface area contributed by atoms with E-state index in [1.807, 2.05) is 0 Å². The van der Waals surface area contributed by atoms with Gasteiger partial charge in [0.15, 0.2) is 0 Å². The van der Waals surface area contributed by atoms with E-state index in [0.717, 1.165) is 5.92 Å². The number of hydrogen-bond donors (Lipinski definition) is 0. The molecule has 1 rings (SSSR count). The highest BCUT2D eigenvalue weighted by Gasteiger charge is 2.05. The summed E-state index contributed by atoms with van der Waals surface area (Å²) in [5.41, 5.74) is 0. The Morgan fingerprint density at radius 3 is 2.09 bits per heavy atom. The summed E-state index contributed by atoms with van der Waals surface area (Å²) >= 11 is 0. The number of allylic oxidation sites excluding steroid dienone is 4. The van der Waals surface area contributed by atoms with Gasteiger partial charge in [-0.1, -0.05) is 38.2 Å². The lowest BCUT2D eigenvalue weighted by atomic mass is 9.93. The van der Waals surface area contributed by atoms with Gasteiger partial charge in [-0.3, -0.25) is 0 Å². The van der Waals surface area contributed by atoms with Gasteiger partial charge in [0.1, 0.15) is 0 Å². The monoisotopic (exact) mass is 150 g/mol. The zero-order valence-electron chi connectivity index (χ0n) is 7.59. The zero-order chi connectivity index (χ0) is 8.10. The predicted octanol–water partition coefficient (Wildman–Crippen LogP) is 3.55. The van der Waals surface area contributed by atoms with E-state index in [1.54, 1.807) is 0 Å². The van der Waals surface area contributed by atoms with Gasteiger partial charge in [0, 0.05) is 0 Å². The number of hydrogen-bond acceptors (Lipinski definition) is 0. The Hall–Kier alpha value is -0.520. The van der Waals surface area contributed by atoms with Gasteiger partial charge in [0.25, 0.3) is 0 Å². The van der Waals surface area contributed by atoms with Crippen molar-refractivity contribution in [2.45, 2.75) is 33.1 Å². The smallest absolute Gasteiger partial charge is 0.00305 e. The highest BCUT2D eigenvalue weighted by atomic mass is 14.1. The molecule has 62 valence electrons. The molecule has 0 saturated carbocycles. The van der Waals surface area contributed by atoms with Crippen LogP contribution in [0.5, 0.6) is 0 Å². The van der Waals surface area contributed by atoms with Crippen LogP contribution < -0.4 is 0 Å². The van der Waals surface area contributed by atoms with Crippen LogP contribution in [0, 0.1) is 11.8 Å². The molecular weight excluding hydrogens is 132 g/mol. The standard InChI is InChI=1S/C11H18/c1-10(2)11-8-6-4-3-5-7-9-11/h6-11H,3-5H2,1-2H3/b8-6-,9-7?. The molecule has 1 unspecified atom stereocenters. The van der Waals surface area contributed by atoms with Crippen molar-refractivity contribution in [2.75, 3.05) is 0 Å². The van der Waals surface area contributed by atoms with E-state index in [4.69, 9.17) is 0 Å². The lowest BCUT2D eigenvalue weighted by Crippen LogP contribution is -2.02. The SMILES string of the molecule is CC(C)C1C=CCCC/C=C\1. The molecule has 0 heteroatoms. The third-order valence-corrected chi connectivity index (χ3v) is 2.23. The molecule has 0 nitrogen and oxygen atoms in total. The van der Waals surface area contributed by atoms with Crippen LogP contribution in [0.25, 0.3) is 0 Å². The van der Waals surface area contributed by atoms with Crippen LogP contribution in [0.4, 0.5) is 0 Å². The van der Waals surface area contributed by atoms with E-state index in [9.17, 15) is 0 Å². The third kappa shape index (κ3) is 2.92. The van der Waals surface area contributed by atoms with Crippen molar-refractivity contribution in [3.63, 3.8) is 0 Å². The molecule has 0 amide bonds. The summed E-state index contributed by atoms with van der Waals surface area (Å²) < 4.78 is 0. The fourth-order valence-corrected chi connectivity index (χ4v) is 1.37. The van der Waals surface area contributed by atoms with E-state index in [0.29, 0.717) is 5.92 Å². The lowest BCUT2D eigenvalue weighted by molar-refractivity contribution is 0.544. The summed E-state index contributed by atoms with van der Waals surface area (Å²) in [6.07, 6.45) is 13.2. The third-order valence-electron chi connectivity index (χ3n) is 2.23. The molecule has 0 fully saturated rings. The van der Waals surface area contributed by atoms with Crippen LogP contribution in [-0.4, -0.2) is 0 Å². The fraction of sp³-hybridized carbons (Fsp3) is 0.636. The Morgan fingerprint density at radius 1 is 1.09 bits per heavy atom. The van der Waals surface area contributed by atoms with Crippen molar-refractivity contribution in [3.05, 3.63) is 24.3 Å². The molecule has 0 saturated heterocycles. The Labute approximate surface area is 70.0 Å². The Balaban J connectivity index is 2.54. The maximum atomic E-state index is 2.35. The second-order valence-corrected chi connectivity index (χ2v) is 3.61. The van der Waals surface area contributed by atoms with Crippen LogP contribution in [0.3, 0.4) is 0 Å². The summed E-state index contributed by atoms with van der Waals surface area (Å²) in [5.74, 6) is 1.43. The van der Waals surface area contributed by atoms with E-state index >= 15 is 0 Å². The molecule has 11 heavy (non-hydrogen) atoms. The Bertz CT molecular complexity index is 137. The minimum absolute atomic E-state index is 0.676. The van der Waals surface area contributed by atoms with Gasteiger partial charge in [0.2, 0.25) is 0 Å². The average Bonchev–Trinajstić information content (AvgIpc) is 1.84. The Kier molecular flexibility index (Phi) is 3.41. The van der Waals surface area contributed by atoms with E-state index in [1.165, 1.54) is 19.3 Å². The normalized spacial score (nSPS) is 28.1. The van der Waals surface area contributed by atoms with Gasteiger partial charge in [-0.2, -0.15) is 0 Å². The lowest BCUT2D eigenvalue weighted by Gasteiger charge is -2.13. The molecule has 0 heterocycles. The summed E-state index contributed by atoms with van der Waals surface area (Å²) in [6.45, 7) is 4.56. The Morgan fingerprint density at radius 2 is 1.64 bits per heavy atom. The molecule has 1 aliphatic rings. The highest BCUT2D eigenvalue weighted by Crippen LogP contribution is 2.17. The van der Waals surface area contributed by atoms with Crippen molar-refractivity contribution < 1.29 is 0 Å². The number of rotatable bonds is 1. The van der Waals surface area contributed by atoms with Crippen LogP contribution >= 0.6 is 0 Å². The van der Waals surface area contributed by atoms with Crippen LogP contribution in [0.2, 0.25) is 0 Å². The molecule has 0 aliphatic heterocycles. The second kappa shape index (κ2) is 4.38. The molecular formula is C11H18. The topological polar surface area (TPSA) is 0 Å². The van der Waals surface area contributed by atoms with Gasteiger partial charge in [-0.25, -0.2) is 0 Å². The van der Waals surface area contributed by atoms with E-state index in [2.05, 4.69) is 38.2 Å². The zero-order valence-corrected chi connectivity index (χ0v) is 7.59. The summed E-state index contributed by atoms with van der Waals surface area (Å²) in [7, 11) is 0. The van der Waals surface area contributed by atoms with Crippen LogP contribution in [0.1, 0.15) is 33.1 Å². The van der Waals surface area contributed by atoms with Gasteiger partial charge in [0.05, 0.1) is 0 Å². The maximum absolute atomic E-state index is 2.35. The first-order chi connectivity index (χ1) is 5.30. The largest absolute Gasteiger partial charge is 0.0879 e. The molecule has 0 aromatic carbocycles. The second-order valence-electron chi connectivity index (χ2n) is 3.61. The maximum Gasteiger partial charge on any atom is -0.00305 e. The van der Waals surface area contributed by atoms with E-state index < -0.39 is 0 Å². The summed E-state index contributed by atoms with van der Waals surface area (Å²) in [5, 5.41) is 0. The minimum Gasteiger partial charge on any atom is -0.0879 e. The molecule has 0 radical (unpaired) electrons. The van der Waals surface area contributed by atoms with Crippen LogP contribution in [0.15, 0.2) is 24.3 Å². The van der Waals surface area contributed by atoms with Crippen LogP contribution in [-0.2, 0) is 0 Å². The molecule has 0 aromatic heterocycles. The van der Waals surface area contributed by atoms with Crippen molar-refractivity contribution in [1.82, 2.24) is 0 Å². The predicted molar refractivity (Wildman–Crippen MR) is 50.5 cm³/mol. The first kappa shape index (κ1) is 8.58. The molecule has 0 spiro atoms. The summed E-state index contributed by atoms with van der Waals surface area (Å²) in [6, 6.07) is 0. The quantitative estimate of drug-likeness (QED) is 0.501. The van der Waals surface area contributed by atoms with Crippen molar-refractivity contribution in [1.29, 1.82) is 0 Å². The highest BCUT2D eigenvalue weighted by molar-refractivity contribution is 5.03. The first-order valence-corrected chi connectivity index (χ1v) is 4.64.